The van der Waals surface area contributed by atoms with E-state index in [9.17, 15) is 29.1 Å². The summed E-state index contributed by atoms with van der Waals surface area (Å²) in [5.41, 5.74) is -1.06. The number of aromatic nitrogens is 2. The molecule has 4 amide bonds. The zero-order chi connectivity index (χ0) is 42.2. The first-order valence-corrected chi connectivity index (χ1v) is 20.5. The predicted octanol–water partition coefficient (Wildman–Crippen LogP) is 6.32. The number of pyridine rings is 1. The van der Waals surface area contributed by atoms with Crippen molar-refractivity contribution in [2.24, 2.45) is 16.7 Å². The van der Waals surface area contributed by atoms with Gasteiger partial charge in [0.1, 0.15) is 47.0 Å². The molecule has 1 saturated heterocycles. The summed E-state index contributed by atoms with van der Waals surface area (Å²) in [6.07, 6.45) is 3.73. The summed E-state index contributed by atoms with van der Waals surface area (Å²) >= 11 is 1.26. The molecular weight excluding hydrogens is 765 g/mol. The van der Waals surface area contributed by atoms with Crippen molar-refractivity contribution in [2.75, 3.05) is 19.0 Å². The number of carbonyl (C=O) groups excluding carboxylic acids is 4. The van der Waals surface area contributed by atoms with Crippen molar-refractivity contribution in [3.63, 3.8) is 0 Å². The minimum absolute atomic E-state index is 0.0192. The molecule has 16 heteroatoms. The Kier molecular flexibility index (Phi) is 12.1. The predicted molar refractivity (Wildman–Crippen MR) is 219 cm³/mol. The van der Waals surface area contributed by atoms with Crippen LogP contribution in [0.5, 0.6) is 11.5 Å². The van der Waals surface area contributed by atoms with Gasteiger partial charge in [-0.15, -0.1) is 17.9 Å². The number of amides is 4. The van der Waals surface area contributed by atoms with Gasteiger partial charge in [-0.3, -0.25) is 14.4 Å². The Morgan fingerprint density at radius 1 is 1.05 bits per heavy atom. The first-order chi connectivity index (χ1) is 27.3. The lowest BCUT2D eigenvalue weighted by molar-refractivity contribution is -0.146. The Morgan fingerprint density at radius 2 is 1.78 bits per heavy atom. The Hall–Kier alpha value is -5.25. The molecule has 3 heterocycles. The number of thiazole rings is 1. The largest absolute Gasteiger partial charge is 0.497 e. The van der Waals surface area contributed by atoms with Crippen molar-refractivity contribution in [2.45, 2.75) is 116 Å². The Morgan fingerprint density at radius 3 is 2.40 bits per heavy atom. The Balaban J connectivity index is 1.31. The topological polar surface area (TPSA) is 198 Å². The second kappa shape index (κ2) is 16.5. The van der Waals surface area contributed by atoms with E-state index in [0.29, 0.717) is 45.3 Å². The number of likely N-dealkylation sites (tertiary alicyclic amines) is 1. The minimum Gasteiger partial charge on any atom is -0.497 e. The number of hydrogen-bond acceptors (Lipinski definition) is 11. The summed E-state index contributed by atoms with van der Waals surface area (Å²) in [7, 11) is 1.55. The van der Waals surface area contributed by atoms with Gasteiger partial charge in [-0.05, 0) is 55.1 Å². The number of alkyl carbamates (subject to hydrolysis) is 1. The third-order valence-corrected chi connectivity index (χ3v) is 11.6. The molecule has 3 aromatic rings. The van der Waals surface area contributed by atoms with E-state index < -0.39 is 58.9 Å². The first kappa shape index (κ1) is 42.4. The maximum Gasteiger partial charge on any atom is 0.408 e. The molecule has 0 unspecified atom stereocenters. The van der Waals surface area contributed by atoms with Crippen molar-refractivity contribution in [1.29, 1.82) is 0 Å². The molecule has 0 radical (unpaired) electrons. The average Bonchev–Trinajstić information content (AvgIpc) is 3.55. The highest BCUT2D eigenvalue weighted by Crippen LogP contribution is 2.45. The van der Waals surface area contributed by atoms with Gasteiger partial charge in [0, 0.05) is 41.7 Å². The van der Waals surface area contributed by atoms with Crippen LogP contribution in [-0.2, 0) is 23.9 Å². The normalized spacial score (nSPS) is 22.5. The van der Waals surface area contributed by atoms with Crippen molar-refractivity contribution < 1.29 is 43.3 Å². The summed E-state index contributed by atoms with van der Waals surface area (Å²) in [6.45, 7) is 15.0. The quantitative estimate of drug-likeness (QED) is 0.141. The van der Waals surface area contributed by atoms with Crippen LogP contribution in [0.4, 0.5) is 9.93 Å². The van der Waals surface area contributed by atoms with Crippen LogP contribution < -0.4 is 25.4 Å². The van der Waals surface area contributed by atoms with Gasteiger partial charge in [0.2, 0.25) is 17.7 Å². The lowest BCUT2D eigenvalue weighted by Crippen LogP contribution is -2.59. The number of carbonyl (C=O) groups is 5. The summed E-state index contributed by atoms with van der Waals surface area (Å²) in [5.74, 6) is -2.05. The molecule has 1 aromatic carbocycles. The Bertz CT molecular complexity index is 2080. The highest BCUT2D eigenvalue weighted by atomic mass is 32.1. The fourth-order valence-corrected chi connectivity index (χ4v) is 8.34. The van der Waals surface area contributed by atoms with Crippen molar-refractivity contribution >= 4 is 57.2 Å². The summed E-state index contributed by atoms with van der Waals surface area (Å²) < 4.78 is 17.8. The van der Waals surface area contributed by atoms with Crippen LogP contribution in [0.3, 0.4) is 0 Å². The zero-order valence-electron chi connectivity index (χ0n) is 34.2. The number of fused-ring (bicyclic) bond motifs is 1. The van der Waals surface area contributed by atoms with Gasteiger partial charge in [0.15, 0.2) is 5.13 Å². The number of benzene rings is 1. The number of aliphatic carboxylic acids is 1. The summed E-state index contributed by atoms with van der Waals surface area (Å²) in [6, 6.07) is 4.82. The maximum absolute atomic E-state index is 14.6. The molecule has 6 rings (SSSR count). The number of hydrogen-bond donors (Lipinski definition) is 4. The molecule has 3 fully saturated rings. The molecule has 15 nitrogen and oxygen atoms in total. The van der Waals surface area contributed by atoms with Gasteiger partial charge >= 0.3 is 12.1 Å². The molecule has 2 aliphatic carbocycles. The molecule has 5 atom stereocenters. The number of ether oxygens (including phenoxy) is 3. The summed E-state index contributed by atoms with van der Waals surface area (Å²) in [4.78, 5) is 77.8. The maximum atomic E-state index is 14.6. The van der Waals surface area contributed by atoms with Gasteiger partial charge in [0.05, 0.1) is 24.9 Å². The molecule has 3 aliphatic rings. The van der Waals surface area contributed by atoms with Crippen LogP contribution in [0.25, 0.3) is 22.3 Å². The second-order valence-corrected chi connectivity index (χ2v) is 18.6. The van der Waals surface area contributed by atoms with Crippen LogP contribution in [0.15, 0.2) is 42.3 Å². The molecule has 312 valence electrons. The van der Waals surface area contributed by atoms with Crippen LogP contribution in [-0.4, -0.2) is 93.2 Å². The summed E-state index contributed by atoms with van der Waals surface area (Å²) in [5, 5.41) is 21.3. The van der Waals surface area contributed by atoms with E-state index in [1.807, 2.05) is 41.5 Å². The van der Waals surface area contributed by atoms with E-state index in [1.54, 1.807) is 36.8 Å². The molecule has 2 aromatic heterocycles. The smallest absolute Gasteiger partial charge is 0.408 e. The van der Waals surface area contributed by atoms with Crippen LogP contribution in [0.1, 0.15) is 86.5 Å². The van der Waals surface area contributed by atoms with Gasteiger partial charge in [0.25, 0.3) is 0 Å². The van der Waals surface area contributed by atoms with Crippen molar-refractivity contribution in [1.82, 2.24) is 25.5 Å². The highest BCUT2D eigenvalue weighted by Gasteiger charge is 2.61. The molecule has 0 bridgehead atoms. The van der Waals surface area contributed by atoms with E-state index in [4.69, 9.17) is 19.2 Å². The number of carboxylic acids is 1. The minimum atomic E-state index is -1.53. The zero-order valence-corrected chi connectivity index (χ0v) is 35.0. The first-order valence-electron chi connectivity index (χ1n) is 19.7. The van der Waals surface area contributed by atoms with E-state index in [2.05, 4.69) is 27.5 Å². The number of methoxy groups -OCH3 is 1. The third kappa shape index (κ3) is 9.54. The van der Waals surface area contributed by atoms with E-state index in [1.165, 1.54) is 22.3 Å². The number of nitrogens with one attached hydrogen (secondary N) is 3. The number of rotatable bonds is 13. The molecule has 4 N–H and O–H groups in total. The van der Waals surface area contributed by atoms with Gasteiger partial charge in [-0.25, -0.2) is 19.6 Å². The standard InChI is InChI=1S/C42H54N6O9S/c1-9-23-19-42(23,37(52)53)47-35(50)31-17-26(21-48(31)36(51)34(41(5,6)7)46-39(54)57-24-12-10-11-13-24)56-32-18-29(43-28-16-25(55-8)14-15-27(28)32)30-22-58-38(44-30)45-33(49)20-40(2,3)4/h9,14-16,18,22-24,26,31,34H,1,10-13,17,19-21H2,2-8H3,(H,46,54)(H,47,50)(H,52,53)(H,44,45,49)/t23-,26-,31-,34-,42-/m1/s1. The SMILES string of the molecule is C=C[C@@H]1C[C@]1(NC(=O)[C@H]1C[C@@H](Oc2cc(-c3csc(NC(=O)CC(C)(C)C)n3)nc3cc(OC)ccc23)CN1C(=O)[C@@H](NC(=O)OC1CCCC1)C(C)(C)C)C(=O)O. The van der Waals surface area contributed by atoms with Gasteiger partial charge in [-0.1, -0.05) is 47.6 Å². The number of nitrogens with zero attached hydrogens (tertiary/aromatic N) is 3. The molecule has 2 saturated carbocycles. The monoisotopic (exact) mass is 818 g/mol. The van der Waals surface area contributed by atoms with Crippen LogP contribution in [0, 0.1) is 16.7 Å². The molecule has 1 aliphatic heterocycles. The van der Waals surface area contributed by atoms with Gasteiger partial charge in [-0.2, -0.15) is 0 Å². The molecule has 0 spiro atoms. The highest BCUT2D eigenvalue weighted by molar-refractivity contribution is 7.14. The Labute approximate surface area is 342 Å². The second-order valence-electron chi connectivity index (χ2n) is 17.8. The van der Waals surface area contributed by atoms with E-state index in [-0.39, 0.29) is 36.8 Å². The number of carboxylic acid groups (broad SMARTS) is 1. The van der Waals surface area contributed by atoms with E-state index in [0.717, 1.165) is 25.7 Å². The van der Waals surface area contributed by atoms with Gasteiger partial charge < -0.3 is 40.2 Å². The van der Waals surface area contributed by atoms with Crippen LogP contribution >= 0.6 is 11.3 Å². The van der Waals surface area contributed by atoms with Crippen molar-refractivity contribution in [3.8, 4) is 22.9 Å². The fraction of sp³-hybridized carbons (Fsp3) is 0.548. The van der Waals surface area contributed by atoms with Crippen molar-refractivity contribution in [3.05, 3.63) is 42.3 Å². The fourth-order valence-electron chi connectivity index (χ4n) is 7.62. The lowest BCUT2D eigenvalue weighted by atomic mass is 9.85. The van der Waals surface area contributed by atoms with Crippen LogP contribution in [0.2, 0.25) is 0 Å². The lowest BCUT2D eigenvalue weighted by Gasteiger charge is -2.35. The molecular formula is C42H54N6O9S. The number of anilines is 1. The third-order valence-electron chi connectivity index (χ3n) is 10.8. The van der Waals surface area contributed by atoms with E-state index >= 15 is 0 Å². The molecule has 58 heavy (non-hydrogen) atoms. The average molecular weight is 819 g/mol.